The third-order valence-electron chi connectivity index (χ3n) is 11.4. The van der Waals surface area contributed by atoms with Gasteiger partial charge in [0.15, 0.2) is 11.6 Å². The zero-order chi connectivity index (χ0) is 36.7. The third kappa shape index (κ3) is 4.39. The van der Waals surface area contributed by atoms with E-state index in [-0.39, 0.29) is 0 Å². The van der Waals surface area contributed by atoms with Crippen LogP contribution in [0.3, 0.4) is 0 Å². The molecule has 0 N–H and O–H groups in total. The lowest BCUT2D eigenvalue weighted by molar-refractivity contribution is 0.952. The Morgan fingerprint density at radius 1 is 0.286 bits per heavy atom. The van der Waals surface area contributed by atoms with Crippen molar-refractivity contribution in [3.63, 3.8) is 0 Å². The number of fused-ring (bicyclic) bond motifs is 12. The molecule has 0 aliphatic rings. The number of aromatic nitrogens is 5. The molecule has 0 spiro atoms. The standard InChI is InChI=1S/C51H31N5/c1-2-16-32(17-3-1)49-52-50(54-51(53-49)56-45-28-14-10-23-38(45)39-24-11-15-29-46(39)56)42-31-30-41-35-20-5-4-18-33(35)34-19-6-7-25-40(34)47(41)48(42)55-43-26-12-8-21-36(43)37-22-9-13-27-44(37)55/h1-31H. The molecular formula is C51H31N5. The fourth-order valence-electron chi connectivity index (χ4n) is 8.99. The van der Waals surface area contributed by atoms with E-state index in [2.05, 4.69) is 179 Å². The Bertz CT molecular complexity index is 3400. The molecule has 0 bridgehead atoms. The summed E-state index contributed by atoms with van der Waals surface area (Å²) in [6.07, 6.45) is 0. The van der Waals surface area contributed by atoms with Crippen LogP contribution in [0.5, 0.6) is 0 Å². The van der Waals surface area contributed by atoms with E-state index in [0.717, 1.165) is 55.0 Å². The van der Waals surface area contributed by atoms with Crippen molar-refractivity contribution < 1.29 is 0 Å². The molecule has 0 aliphatic carbocycles. The van der Waals surface area contributed by atoms with Crippen LogP contribution >= 0.6 is 0 Å². The van der Waals surface area contributed by atoms with Gasteiger partial charge < -0.3 is 4.57 Å². The second-order valence-corrected chi connectivity index (χ2v) is 14.4. The molecule has 3 aromatic heterocycles. The number of para-hydroxylation sites is 4. The molecule has 0 unspecified atom stereocenters. The quantitative estimate of drug-likeness (QED) is 0.171. The molecular weight excluding hydrogens is 683 g/mol. The fourth-order valence-corrected chi connectivity index (χ4v) is 8.99. The van der Waals surface area contributed by atoms with E-state index in [1.54, 1.807) is 0 Å². The van der Waals surface area contributed by atoms with Crippen molar-refractivity contribution in [1.29, 1.82) is 0 Å². The molecule has 260 valence electrons. The van der Waals surface area contributed by atoms with Crippen molar-refractivity contribution in [3.8, 4) is 34.4 Å². The molecule has 5 nitrogen and oxygen atoms in total. The molecule has 0 saturated heterocycles. The summed E-state index contributed by atoms with van der Waals surface area (Å²) in [6, 6.07) is 66.7. The Balaban J connectivity index is 1.29. The summed E-state index contributed by atoms with van der Waals surface area (Å²) in [5.41, 5.74) is 7.23. The topological polar surface area (TPSA) is 48.5 Å². The Kier molecular flexibility index (Phi) is 6.56. The summed E-state index contributed by atoms with van der Waals surface area (Å²) in [7, 11) is 0. The first-order valence-electron chi connectivity index (χ1n) is 19.0. The van der Waals surface area contributed by atoms with Crippen molar-refractivity contribution in [2.45, 2.75) is 0 Å². The van der Waals surface area contributed by atoms with E-state index in [1.807, 2.05) is 18.2 Å². The van der Waals surface area contributed by atoms with Gasteiger partial charge in [-0.05, 0) is 57.3 Å². The van der Waals surface area contributed by atoms with Gasteiger partial charge in [0.05, 0.1) is 27.8 Å². The van der Waals surface area contributed by atoms with Crippen LogP contribution in [0.2, 0.25) is 0 Å². The maximum Gasteiger partial charge on any atom is 0.238 e. The van der Waals surface area contributed by atoms with Crippen LogP contribution in [0, 0.1) is 0 Å². The van der Waals surface area contributed by atoms with Crippen molar-refractivity contribution in [2.24, 2.45) is 0 Å². The average Bonchev–Trinajstić information content (AvgIpc) is 3.79. The van der Waals surface area contributed by atoms with E-state index >= 15 is 0 Å². The molecule has 3 heterocycles. The van der Waals surface area contributed by atoms with Crippen molar-refractivity contribution >= 4 is 75.9 Å². The van der Waals surface area contributed by atoms with Crippen LogP contribution < -0.4 is 0 Å². The Labute approximate surface area is 321 Å². The number of rotatable bonds is 4. The van der Waals surface area contributed by atoms with Crippen molar-refractivity contribution in [1.82, 2.24) is 24.1 Å². The molecule has 5 heteroatoms. The molecule has 12 aromatic rings. The predicted molar refractivity (Wildman–Crippen MR) is 232 cm³/mol. The monoisotopic (exact) mass is 713 g/mol. The van der Waals surface area contributed by atoms with Crippen LogP contribution in [0.25, 0.3) is 110 Å². The van der Waals surface area contributed by atoms with Crippen molar-refractivity contribution in [2.75, 3.05) is 0 Å². The van der Waals surface area contributed by atoms with E-state index in [1.165, 1.54) is 37.7 Å². The Hall–Kier alpha value is -7.63. The van der Waals surface area contributed by atoms with E-state index in [4.69, 9.17) is 15.0 Å². The minimum atomic E-state index is 0.572. The largest absolute Gasteiger partial charge is 0.308 e. The van der Waals surface area contributed by atoms with Gasteiger partial charge in [-0.2, -0.15) is 9.97 Å². The predicted octanol–water partition coefficient (Wildman–Crippen LogP) is 12.9. The van der Waals surface area contributed by atoms with Gasteiger partial charge in [-0.15, -0.1) is 0 Å². The van der Waals surface area contributed by atoms with Gasteiger partial charge in [-0.1, -0.05) is 158 Å². The highest BCUT2D eigenvalue weighted by Crippen LogP contribution is 2.45. The van der Waals surface area contributed by atoms with Crippen LogP contribution in [0.15, 0.2) is 188 Å². The Morgan fingerprint density at radius 3 is 1.21 bits per heavy atom. The second-order valence-electron chi connectivity index (χ2n) is 14.4. The highest BCUT2D eigenvalue weighted by molar-refractivity contribution is 6.29. The van der Waals surface area contributed by atoms with Crippen molar-refractivity contribution in [3.05, 3.63) is 188 Å². The molecule has 12 rings (SSSR count). The number of nitrogens with zero attached hydrogens (tertiary/aromatic N) is 5. The van der Waals surface area contributed by atoms with Crippen LogP contribution in [0.4, 0.5) is 0 Å². The average molecular weight is 714 g/mol. The summed E-state index contributed by atoms with van der Waals surface area (Å²) in [6.45, 7) is 0. The summed E-state index contributed by atoms with van der Waals surface area (Å²) < 4.78 is 4.63. The molecule has 9 aromatic carbocycles. The highest BCUT2D eigenvalue weighted by atomic mass is 15.2. The molecule has 56 heavy (non-hydrogen) atoms. The van der Waals surface area contributed by atoms with Crippen LogP contribution in [0.1, 0.15) is 0 Å². The second kappa shape index (κ2) is 11.9. The molecule has 0 atom stereocenters. The lowest BCUT2D eigenvalue weighted by Crippen LogP contribution is -2.08. The number of hydrogen-bond acceptors (Lipinski definition) is 3. The molecule has 0 aliphatic heterocycles. The number of benzene rings is 9. The fraction of sp³-hybridized carbons (Fsp3) is 0. The van der Waals surface area contributed by atoms with Crippen LogP contribution in [-0.2, 0) is 0 Å². The maximum atomic E-state index is 5.48. The van der Waals surface area contributed by atoms with Gasteiger partial charge in [0, 0.05) is 38.1 Å². The Morgan fingerprint density at radius 2 is 0.679 bits per heavy atom. The zero-order valence-corrected chi connectivity index (χ0v) is 30.1. The summed E-state index contributed by atoms with van der Waals surface area (Å²) in [5, 5.41) is 11.9. The van der Waals surface area contributed by atoms with Gasteiger partial charge in [-0.25, -0.2) is 4.98 Å². The molecule has 0 saturated carbocycles. The van der Waals surface area contributed by atoms with E-state index < -0.39 is 0 Å². The number of hydrogen-bond donors (Lipinski definition) is 0. The van der Waals surface area contributed by atoms with Gasteiger partial charge in [-0.3, -0.25) is 4.57 Å². The van der Waals surface area contributed by atoms with E-state index in [9.17, 15) is 0 Å². The summed E-state index contributed by atoms with van der Waals surface area (Å²) in [4.78, 5) is 16.1. The highest BCUT2D eigenvalue weighted by Gasteiger charge is 2.24. The first-order chi connectivity index (χ1) is 27.8. The molecule has 0 radical (unpaired) electrons. The van der Waals surface area contributed by atoms with Gasteiger partial charge in [0.1, 0.15) is 0 Å². The minimum absolute atomic E-state index is 0.572. The SMILES string of the molecule is c1ccc(-c2nc(-c3ccc4c5ccccc5c5ccccc5c4c3-n3c4ccccc4c4ccccc43)nc(-n3c4ccccc4c4ccccc43)n2)cc1. The smallest absolute Gasteiger partial charge is 0.238 e. The normalized spacial score (nSPS) is 11.9. The first kappa shape index (κ1) is 30.8. The minimum Gasteiger partial charge on any atom is -0.308 e. The maximum absolute atomic E-state index is 5.48. The van der Waals surface area contributed by atoms with Gasteiger partial charge in [0.2, 0.25) is 5.95 Å². The lowest BCUT2D eigenvalue weighted by Gasteiger charge is -2.20. The first-order valence-corrected chi connectivity index (χ1v) is 19.0. The van der Waals surface area contributed by atoms with Gasteiger partial charge in [0.25, 0.3) is 0 Å². The van der Waals surface area contributed by atoms with E-state index in [0.29, 0.717) is 17.6 Å². The molecule has 0 fully saturated rings. The lowest BCUT2D eigenvalue weighted by atomic mass is 9.91. The summed E-state index contributed by atoms with van der Waals surface area (Å²) >= 11 is 0. The summed E-state index contributed by atoms with van der Waals surface area (Å²) in [5.74, 6) is 1.79. The third-order valence-corrected chi connectivity index (χ3v) is 11.4. The van der Waals surface area contributed by atoms with Gasteiger partial charge >= 0.3 is 0 Å². The molecule has 0 amide bonds. The zero-order valence-electron chi connectivity index (χ0n) is 30.1. The van der Waals surface area contributed by atoms with Crippen LogP contribution in [-0.4, -0.2) is 24.1 Å².